The van der Waals surface area contributed by atoms with Gasteiger partial charge in [0, 0.05) is 27.7 Å². The fraction of sp³-hybridized carbons (Fsp3) is 0.0714. The molecule has 3 nitrogen and oxygen atoms in total. The number of furan rings is 1. The van der Waals surface area contributed by atoms with E-state index in [0.717, 1.165) is 5.52 Å². The van der Waals surface area contributed by atoms with Crippen molar-refractivity contribution in [2.45, 2.75) is 6.92 Å². The average Bonchev–Trinajstić information content (AvgIpc) is 2.94. The van der Waals surface area contributed by atoms with Crippen molar-refractivity contribution < 1.29 is 9.21 Å². The van der Waals surface area contributed by atoms with Crippen molar-refractivity contribution in [1.29, 1.82) is 0 Å². The molecule has 0 spiro atoms. The molecule has 0 unspecified atom stereocenters. The number of hydrogen-bond acceptors (Lipinski definition) is 2. The summed E-state index contributed by atoms with van der Waals surface area (Å²) >= 11 is 12.1. The molecule has 0 bridgehead atoms. The van der Waals surface area contributed by atoms with Gasteiger partial charge in [0.25, 0.3) is 0 Å². The molecule has 96 valence electrons. The number of aryl methyl sites for hydroxylation is 1. The van der Waals surface area contributed by atoms with Gasteiger partial charge in [-0.15, -0.1) is 0 Å². The van der Waals surface area contributed by atoms with Crippen molar-refractivity contribution >= 4 is 39.9 Å². The van der Waals surface area contributed by atoms with E-state index in [9.17, 15) is 4.79 Å². The summed E-state index contributed by atoms with van der Waals surface area (Å²) in [6.45, 7) is 1.79. The second-order valence-corrected chi connectivity index (χ2v) is 5.13. The molecule has 0 atom stereocenters. The number of benzene rings is 1. The van der Waals surface area contributed by atoms with Crippen LogP contribution in [0.5, 0.6) is 0 Å². The van der Waals surface area contributed by atoms with Crippen LogP contribution >= 0.6 is 23.2 Å². The molecule has 0 saturated carbocycles. The summed E-state index contributed by atoms with van der Waals surface area (Å²) in [6.07, 6.45) is 3.08. The first-order valence-corrected chi connectivity index (χ1v) is 6.38. The van der Waals surface area contributed by atoms with Crippen LogP contribution in [-0.4, -0.2) is 10.8 Å². The minimum absolute atomic E-state index is 0.132. The van der Waals surface area contributed by atoms with E-state index in [1.54, 1.807) is 31.3 Å². The van der Waals surface area contributed by atoms with Crippen LogP contribution < -0.4 is 0 Å². The van der Waals surface area contributed by atoms with Crippen LogP contribution in [0.4, 0.5) is 0 Å². The lowest BCUT2D eigenvalue weighted by atomic mass is 10.0. The van der Waals surface area contributed by atoms with Crippen LogP contribution in [0.25, 0.3) is 10.9 Å². The lowest BCUT2D eigenvalue weighted by Gasteiger charge is -1.99. The average molecular weight is 294 g/mol. The molecule has 0 fully saturated rings. The third kappa shape index (κ3) is 2.05. The Balaban J connectivity index is 2.18. The molecule has 5 heteroatoms. The maximum absolute atomic E-state index is 12.4. The molecule has 0 saturated heterocycles. The van der Waals surface area contributed by atoms with Gasteiger partial charge in [0.1, 0.15) is 12.0 Å². The molecular weight excluding hydrogens is 285 g/mol. The zero-order chi connectivity index (χ0) is 13.6. The van der Waals surface area contributed by atoms with E-state index in [-0.39, 0.29) is 5.78 Å². The summed E-state index contributed by atoms with van der Waals surface area (Å²) in [7, 11) is 0. The van der Waals surface area contributed by atoms with E-state index < -0.39 is 0 Å². The lowest BCUT2D eigenvalue weighted by Crippen LogP contribution is -1.98. The van der Waals surface area contributed by atoms with Crippen molar-refractivity contribution in [3.63, 3.8) is 0 Å². The van der Waals surface area contributed by atoms with Gasteiger partial charge in [0.05, 0.1) is 10.6 Å². The van der Waals surface area contributed by atoms with Gasteiger partial charge < -0.3 is 9.40 Å². The third-order valence-electron chi connectivity index (χ3n) is 2.93. The van der Waals surface area contributed by atoms with Crippen molar-refractivity contribution in [3.05, 3.63) is 57.6 Å². The Morgan fingerprint density at radius 3 is 2.74 bits per heavy atom. The normalized spacial score (nSPS) is 11.1. The first kappa shape index (κ1) is 12.3. The molecule has 19 heavy (non-hydrogen) atoms. The van der Waals surface area contributed by atoms with Gasteiger partial charge in [-0.25, -0.2) is 0 Å². The Morgan fingerprint density at radius 1 is 1.26 bits per heavy atom. The van der Waals surface area contributed by atoms with Crippen LogP contribution in [0.3, 0.4) is 0 Å². The highest BCUT2D eigenvalue weighted by Gasteiger charge is 2.18. The van der Waals surface area contributed by atoms with Gasteiger partial charge >= 0.3 is 0 Å². The highest BCUT2D eigenvalue weighted by molar-refractivity contribution is 6.40. The number of H-pyrrole nitrogens is 1. The van der Waals surface area contributed by atoms with E-state index >= 15 is 0 Å². The second-order valence-electron chi connectivity index (χ2n) is 4.29. The number of aromatic amines is 1. The topological polar surface area (TPSA) is 46.0 Å². The Bertz CT molecular complexity index is 786. The highest BCUT2D eigenvalue weighted by Crippen LogP contribution is 2.31. The number of nitrogens with one attached hydrogen (secondary N) is 1. The fourth-order valence-electron chi connectivity index (χ4n) is 2.08. The molecule has 3 rings (SSSR count). The number of aromatic nitrogens is 1. The number of hydrogen-bond donors (Lipinski definition) is 1. The zero-order valence-corrected chi connectivity index (χ0v) is 11.5. The van der Waals surface area contributed by atoms with Crippen molar-refractivity contribution in [3.8, 4) is 0 Å². The summed E-state index contributed by atoms with van der Waals surface area (Å²) in [5.74, 6) is 0.560. The molecular formula is C14H9Cl2NO2. The Hall–Kier alpha value is -1.71. The standard InChI is InChI=1S/C14H9Cl2NO2/c1-7-2-8(6-19-7)14(18)10-5-17-12-4-9(15)3-11(16)13(10)12/h2-6,17H,1H3. The summed E-state index contributed by atoms with van der Waals surface area (Å²) in [5.41, 5.74) is 1.75. The van der Waals surface area contributed by atoms with E-state index in [1.165, 1.54) is 6.26 Å². The molecule has 0 amide bonds. The molecule has 0 aliphatic carbocycles. The quantitative estimate of drug-likeness (QED) is 0.702. The second kappa shape index (κ2) is 4.44. The smallest absolute Gasteiger partial charge is 0.198 e. The monoisotopic (exact) mass is 293 g/mol. The van der Waals surface area contributed by atoms with Gasteiger partial charge in [0.2, 0.25) is 0 Å². The molecule has 0 aliphatic heterocycles. The molecule has 2 aromatic heterocycles. The molecule has 0 radical (unpaired) electrons. The van der Waals surface area contributed by atoms with E-state index in [1.807, 2.05) is 0 Å². The van der Waals surface area contributed by atoms with Crippen LogP contribution in [-0.2, 0) is 0 Å². The van der Waals surface area contributed by atoms with Crippen LogP contribution in [0.1, 0.15) is 21.7 Å². The zero-order valence-electron chi connectivity index (χ0n) is 9.96. The van der Waals surface area contributed by atoms with E-state index in [4.69, 9.17) is 27.6 Å². The van der Waals surface area contributed by atoms with Crippen LogP contribution in [0, 0.1) is 6.92 Å². The van der Waals surface area contributed by atoms with E-state index in [2.05, 4.69) is 4.98 Å². The molecule has 1 N–H and O–H groups in total. The van der Waals surface area contributed by atoms with Gasteiger partial charge in [-0.1, -0.05) is 23.2 Å². The minimum atomic E-state index is -0.132. The molecule has 1 aromatic carbocycles. The molecule has 0 aliphatic rings. The Kier molecular flexibility index (Phi) is 2.88. The van der Waals surface area contributed by atoms with Crippen molar-refractivity contribution in [2.75, 3.05) is 0 Å². The summed E-state index contributed by atoms with van der Waals surface area (Å²) in [6, 6.07) is 5.06. The fourth-order valence-corrected chi connectivity index (χ4v) is 2.68. The van der Waals surface area contributed by atoms with Crippen LogP contribution in [0.15, 0.2) is 35.1 Å². The summed E-state index contributed by atoms with van der Waals surface area (Å²) < 4.78 is 5.16. The van der Waals surface area contributed by atoms with Gasteiger partial charge in [0.15, 0.2) is 5.78 Å². The minimum Gasteiger partial charge on any atom is -0.469 e. The number of ketones is 1. The van der Waals surface area contributed by atoms with Gasteiger partial charge in [-0.3, -0.25) is 4.79 Å². The van der Waals surface area contributed by atoms with Gasteiger partial charge in [-0.05, 0) is 25.1 Å². The highest BCUT2D eigenvalue weighted by atomic mass is 35.5. The number of carbonyl (C=O) groups excluding carboxylic acids is 1. The third-order valence-corrected chi connectivity index (χ3v) is 3.45. The van der Waals surface area contributed by atoms with Crippen LogP contribution in [0.2, 0.25) is 10.0 Å². The van der Waals surface area contributed by atoms with Crippen molar-refractivity contribution in [2.24, 2.45) is 0 Å². The van der Waals surface area contributed by atoms with Gasteiger partial charge in [-0.2, -0.15) is 0 Å². The number of carbonyl (C=O) groups is 1. The first-order chi connectivity index (χ1) is 9.06. The predicted molar refractivity (Wildman–Crippen MR) is 75.2 cm³/mol. The summed E-state index contributed by atoms with van der Waals surface area (Å²) in [4.78, 5) is 15.4. The first-order valence-electron chi connectivity index (χ1n) is 5.62. The SMILES string of the molecule is Cc1cc(C(=O)c2c[nH]c3cc(Cl)cc(Cl)c23)co1. The lowest BCUT2D eigenvalue weighted by molar-refractivity contribution is 0.103. The largest absolute Gasteiger partial charge is 0.469 e. The maximum Gasteiger partial charge on any atom is 0.198 e. The maximum atomic E-state index is 12.4. The summed E-state index contributed by atoms with van der Waals surface area (Å²) in [5, 5.41) is 1.65. The predicted octanol–water partition coefficient (Wildman–Crippen LogP) is 4.61. The number of rotatable bonds is 2. The van der Waals surface area contributed by atoms with E-state index in [0.29, 0.717) is 32.3 Å². The number of fused-ring (bicyclic) bond motifs is 1. The number of halogens is 2. The molecule has 3 aromatic rings. The Labute approximate surface area is 119 Å². The molecule has 2 heterocycles. The Morgan fingerprint density at radius 2 is 2.05 bits per heavy atom. The van der Waals surface area contributed by atoms with Crippen molar-refractivity contribution in [1.82, 2.24) is 4.98 Å².